The van der Waals surface area contributed by atoms with Crippen LogP contribution < -0.4 is 4.90 Å². The summed E-state index contributed by atoms with van der Waals surface area (Å²) in [5.74, 6) is -2.73. The van der Waals surface area contributed by atoms with E-state index in [4.69, 9.17) is 0 Å². The number of sulfonamides is 1. The Bertz CT molecular complexity index is 1040. The molecule has 0 bridgehead atoms. The normalized spacial score (nSPS) is 17.4. The minimum absolute atomic E-state index is 0.228. The number of alkyl halides is 2. The van der Waals surface area contributed by atoms with Crippen LogP contribution in [0.25, 0.3) is 0 Å². The van der Waals surface area contributed by atoms with Gasteiger partial charge in [-0.05, 0) is 67.3 Å². The van der Waals surface area contributed by atoms with Crippen LogP contribution in [0.2, 0.25) is 0 Å². The van der Waals surface area contributed by atoms with Crippen molar-refractivity contribution in [2.24, 2.45) is 0 Å². The second-order valence-corrected chi connectivity index (χ2v) is 10.4. The van der Waals surface area contributed by atoms with E-state index in [0.29, 0.717) is 54.0 Å². The molecule has 1 fully saturated rings. The molecule has 30 heavy (non-hydrogen) atoms. The highest BCUT2D eigenvalue weighted by Crippen LogP contribution is 2.33. The second-order valence-electron chi connectivity index (χ2n) is 7.36. The van der Waals surface area contributed by atoms with E-state index in [1.165, 1.54) is 16.4 Å². The lowest BCUT2D eigenvalue weighted by Gasteiger charge is -2.26. The summed E-state index contributed by atoms with van der Waals surface area (Å²) in [6.07, 6.45) is 3.38. The van der Waals surface area contributed by atoms with Crippen LogP contribution in [0.15, 0.2) is 52.3 Å². The number of benzene rings is 2. The number of anilines is 1. The van der Waals surface area contributed by atoms with Crippen molar-refractivity contribution in [2.75, 3.05) is 24.5 Å². The van der Waals surface area contributed by atoms with Gasteiger partial charge in [0.05, 0.1) is 4.90 Å². The van der Waals surface area contributed by atoms with Crippen LogP contribution in [-0.4, -0.2) is 44.0 Å². The lowest BCUT2D eigenvalue weighted by Crippen LogP contribution is -2.35. The summed E-state index contributed by atoms with van der Waals surface area (Å²) in [6, 6.07) is 11.0. The molecular weight excluding hydrogens is 430 g/mol. The van der Waals surface area contributed by atoms with Crippen molar-refractivity contribution in [3.8, 4) is 0 Å². The Kier molecular flexibility index (Phi) is 6.13. The highest BCUT2D eigenvalue weighted by molar-refractivity contribution is 7.99. The van der Waals surface area contributed by atoms with Crippen molar-refractivity contribution in [3.05, 3.63) is 53.6 Å². The van der Waals surface area contributed by atoms with Crippen molar-refractivity contribution in [1.29, 1.82) is 0 Å². The van der Waals surface area contributed by atoms with Gasteiger partial charge in [0.15, 0.2) is 0 Å². The Hall–Kier alpha value is -1.97. The van der Waals surface area contributed by atoms with E-state index in [1.54, 1.807) is 35.2 Å². The summed E-state index contributed by atoms with van der Waals surface area (Å²) in [5.41, 5.74) is 1.93. The highest BCUT2D eigenvalue weighted by Gasteiger charge is 2.30. The van der Waals surface area contributed by atoms with Gasteiger partial charge in [0.2, 0.25) is 10.0 Å². The zero-order chi connectivity index (χ0) is 21.3. The molecule has 0 N–H and O–H groups in total. The van der Waals surface area contributed by atoms with E-state index in [0.717, 1.165) is 24.8 Å². The van der Waals surface area contributed by atoms with Crippen molar-refractivity contribution >= 4 is 33.4 Å². The first-order valence-electron chi connectivity index (χ1n) is 9.86. The van der Waals surface area contributed by atoms with Gasteiger partial charge < -0.3 is 4.90 Å². The maximum Gasteiger partial charge on any atom is 0.288 e. The number of halogens is 2. The van der Waals surface area contributed by atoms with E-state index < -0.39 is 15.8 Å². The molecule has 2 aromatic carbocycles. The number of thioether (sulfide) groups is 1. The Balaban J connectivity index is 1.54. The van der Waals surface area contributed by atoms with Crippen LogP contribution in [0.5, 0.6) is 0 Å². The van der Waals surface area contributed by atoms with E-state index in [-0.39, 0.29) is 10.8 Å². The number of hydrogen-bond acceptors (Lipinski definition) is 4. The van der Waals surface area contributed by atoms with Crippen molar-refractivity contribution in [3.63, 3.8) is 0 Å². The summed E-state index contributed by atoms with van der Waals surface area (Å²) < 4.78 is 52.3. The third-order valence-corrected chi connectivity index (χ3v) is 8.09. The average molecular weight is 453 g/mol. The molecule has 0 atom stereocenters. The van der Waals surface area contributed by atoms with Gasteiger partial charge in [-0.1, -0.05) is 18.2 Å². The number of carbonyl (C=O) groups is 1. The van der Waals surface area contributed by atoms with Gasteiger partial charge in [-0.2, -0.15) is 13.1 Å². The first kappa shape index (κ1) is 21.3. The average Bonchev–Trinajstić information content (AvgIpc) is 3.17. The monoisotopic (exact) mass is 452 g/mol. The van der Waals surface area contributed by atoms with Gasteiger partial charge in [-0.25, -0.2) is 8.42 Å². The molecule has 9 heteroatoms. The number of hydrogen-bond donors (Lipinski definition) is 0. The van der Waals surface area contributed by atoms with Crippen LogP contribution in [0, 0.1) is 0 Å². The number of piperidine rings is 1. The highest BCUT2D eigenvalue weighted by atomic mass is 32.2. The van der Waals surface area contributed by atoms with Gasteiger partial charge in [0.25, 0.3) is 11.7 Å². The maximum absolute atomic E-state index is 12.9. The zero-order valence-electron chi connectivity index (χ0n) is 16.3. The minimum Gasteiger partial charge on any atom is -0.308 e. The van der Waals surface area contributed by atoms with Crippen LogP contribution in [0.3, 0.4) is 0 Å². The van der Waals surface area contributed by atoms with Gasteiger partial charge in [-0.3, -0.25) is 4.79 Å². The molecule has 2 heterocycles. The minimum atomic E-state index is -3.52. The molecule has 2 aromatic rings. The third kappa shape index (κ3) is 4.24. The molecular formula is C21H22F2N2O3S2. The van der Waals surface area contributed by atoms with Crippen LogP contribution in [0.4, 0.5) is 14.5 Å². The summed E-state index contributed by atoms with van der Waals surface area (Å²) in [4.78, 5) is 15.2. The smallest absolute Gasteiger partial charge is 0.288 e. The third-order valence-electron chi connectivity index (χ3n) is 5.47. The van der Waals surface area contributed by atoms with E-state index >= 15 is 0 Å². The Morgan fingerprint density at radius 2 is 1.67 bits per heavy atom. The molecule has 4 rings (SSSR count). The Labute approximate surface area is 179 Å². The van der Waals surface area contributed by atoms with Crippen LogP contribution in [0.1, 0.15) is 35.2 Å². The molecule has 0 aromatic heterocycles. The molecule has 2 aliphatic heterocycles. The predicted octanol–water partition coefficient (Wildman–Crippen LogP) is 4.38. The molecule has 1 saturated heterocycles. The molecule has 5 nitrogen and oxygen atoms in total. The number of carbonyl (C=O) groups excluding carboxylic acids is 1. The van der Waals surface area contributed by atoms with Crippen molar-refractivity contribution in [2.45, 2.75) is 41.2 Å². The van der Waals surface area contributed by atoms with Gasteiger partial charge in [-0.15, -0.1) is 0 Å². The molecule has 0 radical (unpaired) electrons. The molecule has 1 amide bonds. The van der Waals surface area contributed by atoms with Gasteiger partial charge in [0, 0.05) is 35.8 Å². The molecule has 0 saturated carbocycles. The second kappa shape index (κ2) is 8.64. The quantitative estimate of drug-likeness (QED) is 0.632. The lowest BCUT2D eigenvalue weighted by atomic mass is 10.1. The number of amides is 1. The lowest BCUT2D eigenvalue weighted by molar-refractivity contribution is 0.0989. The van der Waals surface area contributed by atoms with Gasteiger partial charge in [0.1, 0.15) is 0 Å². The fourth-order valence-corrected chi connectivity index (χ4v) is 6.01. The number of nitrogens with zero attached hydrogens (tertiary/aromatic N) is 2. The van der Waals surface area contributed by atoms with Crippen LogP contribution >= 0.6 is 11.8 Å². The summed E-state index contributed by atoms with van der Waals surface area (Å²) in [7, 11) is -3.52. The van der Waals surface area contributed by atoms with Gasteiger partial charge >= 0.3 is 0 Å². The van der Waals surface area contributed by atoms with Crippen molar-refractivity contribution in [1.82, 2.24) is 4.31 Å². The van der Waals surface area contributed by atoms with E-state index in [1.807, 2.05) is 0 Å². The largest absolute Gasteiger partial charge is 0.308 e. The van der Waals surface area contributed by atoms with E-state index in [2.05, 4.69) is 0 Å². The molecule has 0 unspecified atom stereocenters. The molecule has 0 spiro atoms. The summed E-state index contributed by atoms with van der Waals surface area (Å²) in [5, 5.41) is 0. The Morgan fingerprint density at radius 3 is 2.33 bits per heavy atom. The van der Waals surface area contributed by atoms with E-state index in [9.17, 15) is 22.0 Å². The van der Waals surface area contributed by atoms with Crippen LogP contribution in [-0.2, 0) is 16.4 Å². The number of rotatable bonds is 5. The fourth-order valence-electron chi connectivity index (χ4n) is 3.94. The standard InChI is InChI=1S/C21H22F2N2O3S2/c22-21(23)29-17-6-4-15(5-7-17)20(26)25-13-10-16-14-18(8-9-19(16)25)30(27,28)24-11-2-1-3-12-24/h4-9,14,21H,1-3,10-13H2. The predicted molar refractivity (Wildman–Crippen MR) is 113 cm³/mol. The SMILES string of the molecule is O=C(c1ccc(SC(F)F)cc1)N1CCc2cc(S(=O)(=O)N3CCCCC3)ccc21. The first-order chi connectivity index (χ1) is 14.4. The number of fused-ring (bicyclic) bond motifs is 1. The Morgan fingerprint density at radius 1 is 0.967 bits per heavy atom. The molecule has 160 valence electrons. The van der Waals surface area contributed by atoms with Crippen molar-refractivity contribution < 1.29 is 22.0 Å². The summed E-state index contributed by atoms with van der Waals surface area (Å²) >= 11 is 0.436. The first-order valence-corrected chi connectivity index (χ1v) is 12.2. The fraction of sp³-hybridized carbons (Fsp3) is 0.381. The molecule has 2 aliphatic rings. The summed E-state index contributed by atoms with van der Waals surface area (Å²) in [6.45, 7) is 1.54. The molecule has 0 aliphatic carbocycles. The zero-order valence-corrected chi connectivity index (χ0v) is 17.9. The topological polar surface area (TPSA) is 57.7 Å². The maximum atomic E-state index is 12.9.